The van der Waals surface area contributed by atoms with Gasteiger partial charge < -0.3 is 26.7 Å². The zero-order valence-corrected chi connectivity index (χ0v) is 8.70. The molecule has 0 bridgehead atoms. The van der Waals surface area contributed by atoms with Crippen LogP contribution in [0.4, 0.5) is 0 Å². The van der Waals surface area contributed by atoms with Crippen LogP contribution < -0.4 is 11.1 Å². The molecule has 0 rings (SSSR count). The number of unbranched alkanes of at least 4 members (excludes halogenated alkanes) is 1. The Morgan fingerprint density at radius 1 is 1.53 bits per heavy atom. The van der Waals surface area contributed by atoms with E-state index in [1.165, 1.54) is 6.21 Å². The van der Waals surface area contributed by atoms with Gasteiger partial charge in [-0.05, 0) is 25.8 Å². The quantitative estimate of drug-likeness (QED) is 0.255. The lowest BCUT2D eigenvalue weighted by atomic mass is 9.95. The van der Waals surface area contributed by atoms with Crippen LogP contribution in [-0.4, -0.2) is 47.6 Å². The van der Waals surface area contributed by atoms with Crippen LogP contribution in [0.1, 0.15) is 19.3 Å². The Morgan fingerprint density at radius 3 is 2.67 bits per heavy atom. The van der Waals surface area contributed by atoms with Gasteiger partial charge in [-0.3, -0.25) is 4.79 Å². The Morgan fingerprint density at radius 2 is 2.20 bits per heavy atom. The Bertz CT molecular complexity index is 211. The average molecular weight is 217 g/mol. The van der Waals surface area contributed by atoms with Crippen LogP contribution in [0.5, 0.6) is 0 Å². The Hall–Kier alpha value is -0.980. The average Bonchev–Trinajstić information content (AvgIpc) is 2.22. The van der Waals surface area contributed by atoms with Crippen molar-refractivity contribution in [3.63, 3.8) is 0 Å². The summed E-state index contributed by atoms with van der Waals surface area (Å²) in [6.45, 7) is 0.694. The van der Waals surface area contributed by atoms with Crippen LogP contribution in [0.2, 0.25) is 0 Å². The smallest absolute Gasteiger partial charge is 0.326 e. The minimum absolute atomic E-state index is 0.255. The number of carboxylic acids is 1. The molecule has 15 heavy (non-hydrogen) atoms. The predicted molar refractivity (Wildman–Crippen MR) is 57.1 cm³/mol. The summed E-state index contributed by atoms with van der Waals surface area (Å²) in [7, 11) is 0. The highest BCUT2D eigenvalue weighted by Gasteiger charge is 2.32. The van der Waals surface area contributed by atoms with E-state index in [-0.39, 0.29) is 6.42 Å². The molecule has 0 aliphatic heterocycles. The zero-order valence-electron chi connectivity index (χ0n) is 8.70. The highest BCUT2D eigenvalue weighted by molar-refractivity contribution is 5.78. The van der Waals surface area contributed by atoms with Gasteiger partial charge in [0.15, 0.2) is 0 Å². The summed E-state index contributed by atoms with van der Waals surface area (Å²) in [4.78, 5) is 10.7. The SMILES string of the molecule is N=CCNCCCC[C@@](N)(CO)C(=O)O. The molecule has 6 nitrogen and oxygen atoms in total. The lowest BCUT2D eigenvalue weighted by molar-refractivity contribution is -0.145. The van der Waals surface area contributed by atoms with Crippen molar-refractivity contribution >= 4 is 12.2 Å². The molecule has 0 aliphatic carbocycles. The van der Waals surface area contributed by atoms with Gasteiger partial charge in [0.2, 0.25) is 0 Å². The molecule has 0 saturated heterocycles. The monoisotopic (exact) mass is 217 g/mol. The van der Waals surface area contributed by atoms with E-state index in [0.717, 1.165) is 13.0 Å². The molecule has 0 amide bonds. The van der Waals surface area contributed by atoms with Crippen molar-refractivity contribution in [3.8, 4) is 0 Å². The summed E-state index contributed by atoms with van der Waals surface area (Å²) in [6.07, 6.45) is 2.93. The zero-order chi connectivity index (χ0) is 11.7. The van der Waals surface area contributed by atoms with Crippen molar-refractivity contribution in [2.75, 3.05) is 19.7 Å². The topological polar surface area (TPSA) is 119 Å². The minimum Gasteiger partial charge on any atom is -0.480 e. The number of nitrogens with two attached hydrogens (primary N) is 1. The molecule has 0 aromatic carbocycles. The summed E-state index contributed by atoms with van der Waals surface area (Å²) in [5.41, 5.74) is 3.96. The Labute approximate surface area is 89.0 Å². The van der Waals surface area contributed by atoms with Crippen LogP contribution in [-0.2, 0) is 4.79 Å². The number of carbonyl (C=O) groups is 1. The number of hydrogen-bond donors (Lipinski definition) is 5. The molecule has 0 aromatic rings. The molecular formula is C9H19N3O3. The third-order valence-electron chi connectivity index (χ3n) is 2.18. The van der Waals surface area contributed by atoms with E-state index in [2.05, 4.69) is 5.32 Å². The van der Waals surface area contributed by atoms with E-state index in [9.17, 15) is 4.79 Å². The number of aliphatic carboxylic acids is 1. The lowest BCUT2D eigenvalue weighted by Gasteiger charge is -2.21. The van der Waals surface area contributed by atoms with E-state index in [1.807, 2.05) is 0 Å². The summed E-state index contributed by atoms with van der Waals surface area (Å²) >= 11 is 0. The molecule has 88 valence electrons. The molecule has 0 saturated carbocycles. The summed E-state index contributed by atoms with van der Waals surface area (Å²) in [5, 5.41) is 27.3. The van der Waals surface area contributed by atoms with Crippen molar-refractivity contribution < 1.29 is 15.0 Å². The van der Waals surface area contributed by atoms with Gasteiger partial charge in [0.1, 0.15) is 5.54 Å². The normalized spacial score (nSPS) is 14.5. The van der Waals surface area contributed by atoms with Crippen LogP contribution in [0.15, 0.2) is 0 Å². The second kappa shape index (κ2) is 7.33. The first-order valence-corrected chi connectivity index (χ1v) is 4.89. The largest absolute Gasteiger partial charge is 0.480 e. The van der Waals surface area contributed by atoms with Gasteiger partial charge >= 0.3 is 5.97 Å². The minimum atomic E-state index is -1.51. The van der Waals surface area contributed by atoms with E-state index in [1.54, 1.807) is 0 Å². The third-order valence-corrected chi connectivity index (χ3v) is 2.18. The van der Waals surface area contributed by atoms with E-state index >= 15 is 0 Å². The third kappa shape index (κ3) is 5.46. The molecule has 0 spiro atoms. The van der Waals surface area contributed by atoms with Gasteiger partial charge in [-0.2, -0.15) is 0 Å². The highest BCUT2D eigenvalue weighted by atomic mass is 16.4. The molecule has 0 heterocycles. The summed E-state index contributed by atoms with van der Waals surface area (Å²) in [5.74, 6) is -1.17. The van der Waals surface area contributed by atoms with Crippen molar-refractivity contribution in [2.45, 2.75) is 24.8 Å². The second-order valence-corrected chi connectivity index (χ2v) is 3.48. The van der Waals surface area contributed by atoms with Crippen molar-refractivity contribution in [1.82, 2.24) is 5.32 Å². The second-order valence-electron chi connectivity index (χ2n) is 3.48. The van der Waals surface area contributed by atoms with E-state index < -0.39 is 18.1 Å². The molecule has 0 aromatic heterocycles. The fourth-order valence-electron chi connectivity index (χ4n) is 1.12. The maximum Gasteiger partial charge on any atom is 0.326 e. The first-order valence-electron chi connectivity index (χ1n) is 4.89. The highest BCUT2D eigenvalue weighted by Crippen LogP contribution is 2.10. The molecular weight excluding hydrogens is 198 g/mol. The van der Waals surface area contributed by atoms with Crippen molar-refractivity contribution in [1.29, 1.82) is 5.41 Å². The van der Waals surface area contributed by atoms with Gasteiger partial charge in [-0.1, -0.05) is 0 Å². The van der Waals surface area contributed by atoms with Crippen LogP contribution in [0.3, 0.4) is 0 Å². The maximum absolute atomic E-state index is 10.7. The van der Waals surface area contributed by atoms with Gasteiger partial charge in [-0.15, -0.1) is 0 Å². The first-order chi connectivity index (χ1) is 7.06. The molecule has 0 radical (unpaired) electrons. The maximum atomic E-state index is 10.7. The molecule has 6 N–H and O–H groups in total. The molecule has 6 heteroatoms. The molecule has 0 fully saturated rings. The Balaban J connectivity index is 3.64. The van der Waals surface area contributed by atoms with Crippen LogP contribution >= 0.6 is 0 Å². The van der Waals surface area contributed by atoms with Gasteiger partial charge in [-0.25, -0.2) is 0 Å². The number of aliphatic hydroxyl groups excluding tert-OH is 1. The number of carboxylic acid groups (broad SMARTS) is 1. The number of rotatable bonds is 9. The molecule has 0 unspecified atom stereocenters. The van der Waals surface area contributed by atoms with Crippen molar-refractivity contribution in [2.24, 2.45) is 5.73 Å². The summed E-state index contributed by atoms with van der Waals surface area (Å²) in [6, 6.07) is 0. The number of hydrogen-bond acceptors (Lipinski definition) is 5. The van der Waals surface area contributed by atoms with Crippen LogP contribution in [0.25, 0.3) is 0 Å². The van der Waals surface area contributed by atoms with Crippen LogP contribution in [0, 0.1) is 5.41 Å². The van der Waals surface area contributed by atoms with Crippen molar-refractivity contribution in [3.05, 3.63) is 0 Å². The van der Waals surface area contributed by atoms with Gasteiger partial charge in [0.25, 0.3) is 0 Å². The lowest BCUT2D eigenvalue weighted by Crippen LogP contribution is -2.51. The molecule has 1 atom stereocenters. The fraction of sp³-hybridized carbons (Fsp3) is 0.778. The standard InChI is InChI=1S/C9H19N3O3/c10-4-6-12-5-2-1-3-9(11,7-13)8(14)15/h4,10,12-13H,1-3,5-7,11H2,(H,14,15)/t9-/m1/s1. The van der Waals surface area contributed by atoms with Gasteiger partial charge in [0.05, 0.1) is 6.61 Å². The summed E-state index contributed by atoms with van der Waals surface area (Å²) < 4.78 is 0. The number of nitrogens with one attached hydrogen (secondary N) is 2. The Kier molecular flexibility index (Phi) is 6.85. The van der Waals surface area contributed by atoms with E-state index in [4.69, 9.17) is 21.4 Å². The molecule has 0 aliphatic rings. The number of aliphatic hydroxyl groups is 1. The predicted octanol–water partition coefficient (Wildman–Crippen LogP) is -0.830. The fourth-order valence-corrected chi connectivity index (χ4v) is 1.12. The first kappa shape index (κ1) is 14.0. The van der Waals surface area contributed by atoms with Gasteiger partial charge in [0, 0.05) is 12.8 Å². The van der Waals surface area contributed by atoms with E-state index in [0.29, 0.717) is 13.0 Å².